The highest BCUT2D eigenvalue weighted by Gasteiger charge is 2.13. The first-order chi connectivity index (χ1) is 14.9. The van der Waals surface area contributed by atoms with Gasteiger partial charge in [-0.25, -0.2) is 4.98 Å². The predicted octanol–water partition coefficient (Wildman–Crippen LogP) is 5.25. The van der Waals surface area contributed by atoms with Gasteiger partial charge in [0.05, 0.1) is 7.11 Å². The van der Waals surface area contributed by atoms with Gasteiger partial charge >= 0.3 is 0 Å². The summed E-state index contributed by atoms with van der Waals surface area (Å²) in [5.74, 6) is 0.951. The number of methoxy groups -OCH3 is 1. The predicted molar refractivity (Wildman–Crippen MR) is 126 cm³/mol. The molecule has 1 heterocycles. The molecule has 0 aliphatic rings. The third kappa shape index (κ3) is 4.41. The highest BCUT2D eigenvalue weighted by molar-refractivity contribution is 7.80. The number of carbonyl (C=O) groups excluding carboxylic acids is 1. The molecule has 0 aliphatic heterocycles. The summed E-state index contributed by atoms with van der Waals surface area (Å²) in [6.07, 6.45) is 0. The Hall–Kier alpha value is -3.71. The molecule has 1 amide bonds. The van der Waals surface area contributed by atoms with Gasteiger partial charge in [-0.05, 0) is 67.5 Å². The van der Waals surface area contributed by atoms with Gasteiger partial charge in [-0.1, -0.05) is 24.3 Å². The number of benzene rings is 3. The number of rotatable bonds is 4. The van der Waals surface area contributed by atoms with E-state index in [2.05, 4.69) is 15.6 Å². The van der Waals surface area contributed by atoms with Crippen molar-refractivity contribution < 1.29 is 13.9 Å². The van der Waals surface area contributed by atoms with Gasteiger partial charge in [0.15, 0.2) is 10.7 Å². The molecule has 0 saturated heterocycles. The topological polar surface area (TPSA) is 76.4 Å². The molecule has 1 aromatic heterocycles. The first-order valence-corrected chi connectivity index (χ1v) is 10.1. The standard InChI is InChI=1S/C24H21N3O3S/c1-14-6-4-5-7-18(14)22(28)27-24(31)26-19-12-16(9-8-15(19)2)23-25-20-13-17(29-3)10-11-21(20)30-23/h4-13H,1-3H3,(H2,26,27,28,31). The van der Waals surface area contributed by atoms with E-state index in [1.54, 1.807) is 13.2 Å². The largest absolute Gasteiger partial charge is 0.497 e. The number of hydrogen-bond donors (Lipinski definition) is 2. The minimum atomic E-state index is -0.252. The lowest BCUT2D eigenvalue weighted by atomic mass is 10.1. The van der Waals surface area contributed by atoms with E-state index in [9.17, 15) is 4.79 Å². The molecule has 0 radical (unpaired) electrons. The van der Waals surface area contributed by atoms with Gasteiger partial charge in [0.2, 0.25) is 5.89 Å². The number of aromatic nitrogens is 1. The molecule has 3 aromatic carbocycles. The highest BCUT2D eigenvalue weighted by Crippen LogP contribution is 2.29. The van der Waals surface area contributed by atoms with Crippen LogP contribution in [0.4, 0.5) is 5.69 Å². The Morgan fingerprint density at radius 1 is 1.03 bits per heavy atom. The van der Waals surface area contributed by atoms with Crippen molar-refractivity contribution in [2.75, 3.05) is 12.4 Å². The van der Waals surface area contributed by atoms with Crippen molar-refractivity contribution >= 4 is 40.0 Å². The van der Waals surface area contributed by atoms with Crippen LogP contribution in [-0.4, -0.2) is 23.1 Å². The fraction of sp³-hybridized carbons (Fsp3) is 0.125. The third-order valence-electron chi connectivity index (χ3n) is 4.94. The fourth-order valence-corrected chi connectivity index (χ4v) is 3.40. The molecule has 7 heteroatoms. The Balaban J connectivity index is 1.55. The highest BCUT2D eigenvalue weighted by atomic mass is 32.1. The van der Waals surface area contributed by atoms with E-state index in [4.69, 9.17) is 21.4 Å². The summed E-state index contributed by atoms with van der Waals surface area (Å²) in [7, 11) is 1.61. The summed E-state index contributed by atoms with van der Waals surface area (Å²) in [5.41, 5.74) is 5.36. The van der Waals surface area contributed by atoms with Gasteiger partial charge in [0, 0.05) is 22.9 Å². The van der Waals surface area contributed by atoms with E-state index in [0.29, 0.717) is 28.3 Å². The molecular formula is C24H21N3O3S. The maximum atomic E-state index is 12.5. The number of amides is 1. The number of thiocarbonyl (C=S) groups is 1. The van der Waals surface area contributed by atoms with Crippen molar-refractivity contribution in [3.05, 3.63) is 77.4 Å². The van der Waals surface area contributed by atoms with E-state index in [1.807, 2.05) is 68.4 Å². The smallest absolute Gasteiger partial charge is 0.257 e. The van der Waals surface area contributed by atoms with Crippen molar-refractivity contribution in [3.8, 4) is 17.2 Å². The van der Waals surface area contributed by atoms with Crippen molar-refractivity contribution in [2.45, 2.75) is 13.8 Å². The first kappa shape index (κ1) is 20.6. The third-order valence-corrected chi connectivity index (χ3v) is 5.15. The quantitative estimate of drug-likeness (QED) is 0.430. The molecule has 0 saturated carbocycles. The Morgan fingerprint density at radius 3 is 2.61 bits per heavy atom. The lowest BCUT2D eigenvalue weighted by Gasteiger charge is -2.13. The molecule has 0 aliphatic carbocycles. The summed E-state index contributed by atoms with van der Waals surface area (Å²) >= 11 is 5.36. The number of aryl methyl sites for hydroxylation is 2. The zero-order valence-electron chi connectivity index (χ0n) is 17.4. The molecular weight excluding hydrogens is 410 g/mol. The molecule has 0 spiro atoms. The normalized spacial score (nSPS) is 10.7. The maximum Gasteiger partial charge on any atom is 0.257 e. The summed E-state index contributed by atoms with van der Waals surface area (Å²) in [6, 6.07) is 18.6. The number of ether oxygens (including phenoxy) is 1. The van der Waals surface area contributed by atoms with Gasteiger partial charge in [-0.15, -0.1) is 0 Å². The molecule has 4 rings (SSSR count). The van der Waals surface area contributed by atoms with Crippen LogP contribution in [0.1, 0.15) is 21.5 Å². The second-order valence-electron chi connectivity index (χ2n) is 7.11. The van der Waals surface area contributed by atoms with Crippen LogP contribution in [-0.2, 0) is 0 Å². The summed E-state index contributed by atoms with van der Waals surface area (Å²) in [6.45, 7) is 3.84. The molecule has 0 fully saturated rings. The summed E-state index contributed by atoms with van der Waals surface area (Å²) in [5, 5.41) is 6.06. The minimum Gasteiger partial charge on any atom is -0.497 e. The molecule has 156 valence electrons. The van der Waals surface area contributed by atoms with E-state index >= 15 is 0 Å². The zero-order chi connectivity index (χ0) is 22.0. The van der Waals surface area contributed by atoms with Crippen molar-refractivity contribution in [1.29, 1.82) is 0 Å². The fourth-order valence-electron chi connectivity index (χ4n) is 3.20. The van der Waals surface area contributed by atoms with E-state index in [0.717, 1.165) is 22.4 Å². The van der Waals surface area contributed by atoms with Gasteiger partial charge in [0.1, 0.15) is 11.3 Å². The van der Waals surface area contributed by atoms with Gasteiger partial charge in [-0.2, -0.15) is 0 Å². The van der Waals surface area contributed by atoms with E-state index in [1.165, 1.54) is 0 Å². The number of hydrogen-bond acceptors (Lipinski definition) is 5. The Morgan fingerprint density at radius 2 is 1.84 bits per heavy atom. The van der Waals surface area contributed by atoms with Gasteiger partial charge < -0.3 is 14.5 Å². The average Bonchev–Trinajstić information content (AvgIpc) is 3.18. The number of carbonyl (C=O) groups is 1. The van der Waals surface area contributed by atoms with Crippen LogP contribution in [0, 0.1) is 13.8 Å². The molecule has 0 bridgehead atoms. The Bertz CT molecular complexity index is 1300. The van der Waals surface area contributed by atoms with Crippen LogP contribution in [0.3, 0.4) is 0 Å². The Labute approximate surface area is 185 Å². The van der Waals surface area contributed by atoms with Gasteiger partial charge in [0.25, 0.3) is 5.91 Å². The number of nitrogens with one attached hydrogen (secondary N) is 2. The number of oxazole rings is 1. The Kier molecular flexibility index (Phi) is 5.68. The SMILES string of the molecule is COc1ccc2oc(-c3ccc(C)c(NC(=S)NC(=O)c4ccccc4C)c3)nc2c1. The zero-order valence-corrected chi connectivity index (χ0v) is 18.2. The van der Waals surface area contributed by atoms with E-state index in [-0.39, 0.29) is 11.0 Å². The number of nitrogens with zero attached hydrogens (tertiary/aromatic N) is 1. The molecule has 0 atom stereocenters. The second-order valence-corrected chi connectivity index (χ2v) is 7.51. The number of fused-ring (bicyclic) bond motifs is 1. The monoisotopic (exact) mass is 431 g/mol. The van der Waals surface area contributed by atoms with Crippen molar-refractivity contribution in [2.24, 2.45) is 0 Å². The molecule has 31 heavy (non-hydrogen) atoms. The second kappa shape index (κ2) is 8.57. The molecule has 2 N–H and O–H groups in total. The molecule has 4 aromatic rings. The first-order valence-electron chi connectivity index (χ1n) is 9.68. The van der Waals surface area contributed by atoms with Crippen molar-refractivity contribution in [3.63, 3.8) is 0 Å². The average molecular weight is 432 g/mol. The van der Waals surface area contributed by atoms with Gasteiger partial charge in [-0.3, -0.25) is 10.1 Å². The van der Waals surface area contributed by atoms with Crippen LogP contribution in [0.25, 0.3) is 22.6 Å². The summed E-state index contributed by atoms with van der Waals surface area (Å²) in [4.78, 5) is 17.1. The van der Waals surface area contributed by atoms with Crippen LogP contribution in [0.2, 0.25) is 0 Å². The van der Waals surface area contributed by atoms with Crippen LogP contribution in [0.15, 0.2) is 65.1 Å². The van der Waals surface area contributed by atoms with E-state index < -0.39 is 0 Å². The summed E-state index contributed by atoms with van der Waals surface area (Å²) < 4.78 is 11.1. The van der Waals surface area contributed by atoms with Crippen LogP contribution in [0.5, 0.6) is 5.75 Å². The van der Waals surface area contributed by atoms with Crippen molar-refractivity contribution in [1.82, 2.24) is 10.3 Å². The minimum absolute atomic E-state index is 0.218. The lowest BCUT2D eigenvalue weighted by molar-refractivity contribution is 0.0977. The lowest BCUT2D eigenvalue weighted by Crippen LogP contribution is -2.34. The molecule has 0 unspecified atom stereocenters. The maximum absolute atomic E-state index is 12.5. The van der Waals surface area contributed by atoms with Crippen LogP contribution >= 0.6 is 12.2 Å². The molecule has 6 nitrogen and oxygen atoms in total. The number of anilines is 1. The van der Waals surface area contributed by atoms with Crippen LogP contribution < -0.4 is 15.4 Å².